The van der Waals surface area contributed by atoms with Crippen LogP contribution in [-0.4, -0.2) is 5.78 Å². The minimum absolute atomic E-state index is 0.0474. The van der Waals surface area contributed by atoms with Crippen LogP contribution in [0.4, 0.5) is 4.39 Å². The Morgan fingerprint density at radius 2 is 1.80 bits per heavy atom. The molecule has 2 aromatic carbocycles. The molecule has 2 heteroatoms. The third-order valence-corrected chi connectivity index (χ3v) is 2.49. The van der Waals surface area contributed by atoms with Gasteiger partial charge in [0.25, 0.3) is 0 Å². The molecule has 0 bridgehead atoms. The van der Waals surface area contributed by atoms with Gasteiger partial charge in [0, 0.05) is 17.4 Å². The van der Waals surface area contributed by atoms with Crippen LogP contribution in [0.15, 0.2) is 36.4 Å². The van der Waals surface area contributed by atoms with Crippen molar-refractivity contribution in [3.05, 3.63) is 47.8 Å². The third-order valence-electron chi connectivity index (χ3n) is 2.49. The van der Waals surface area contributed by atoms with Gasteiger partial charge in [-0.3, -0.25) is 4.79 Å². The number of hydrogen-bond donors (Lipinski definition) is 0. The Hall–Kier alpha value is -1.70. The van der Waals surface area contributed by atoms with E-state index >= 15 is 0 Å². The maximum Gasteiger partial charge on any atom is 0.163 e. The van der Waals surface area contributed by atoms with Gasteiger partial charge in [-0.25, -0.2) is 4.39 Å². The average molecular weight is 202 g/mol. The molecule has 0 radical (unpaired) electrons. The second-order valence-corrected chi connectivity index (χ2v) is 3.42. The largest absolute Gasteiger partial charge is 0.294 e. The van der Waals surface area contributed by atoms with Crippen LogP contribution in [0.1, 0.15) is 23.7 Å². The van der Waals surface area contributed by atoms with E-state index < -0.39 is 0 Å². The van der Waals surface area contributed by atoms with E-state index in [1.165, 1.54) is 6.07 Å². The number of halogens is 1. The zero-order valence-electron chi connectivity index (χ0n) is 8.46. The normalized spacial score (nSPS) is 10.5. The van der Waals surface area contributed by atoms with E-state index in [0.717, 1.165) is 0 Å². The second-order valence-electron chi connectivity index (χ2n) is 3.42. The second kappa shape index (κ2) is 3.81. The number of carbonyl (C=O) groups excluding carboxylic acids is 1. The lowest BCUT2D eigenvalue weighted by Crippen LogP contribution is -1.97. The summed E-state index contributed by atoms with van der Waals surface area (Å²) in [5, 5.41) is 1.21. The molecule has 0 amide bonds. The van der Waals surface area contributed by atoms with Gasteiger partial charge in [-0.05, 0) is 11.5 Å². The zero-order valence-corrected chi connectivity index (χ0v) is 8.46. The molecular formula is C13H11FO. The summed E-state index contributed by atoms with van der Waals surface area (Å²) in [6.07, 6.45) is 0.440. The first-order valence-electron chi connectivity index (χ1n) is 4.94. The molecule has 0 aliphatic rings. The molecule has 0 fully saturated rings. The molecule has 0 aromatic heterocycles. The molecule has 0 aliphatic carbocycles. The Morgan fingerprint density at radius 1 is 1.13 bits per heavy atom. The predicted octanol–water partition coefficient (Wildman–Crippen LogP) is 3.57. The number of hydrogen-bond acceptors (Lipinski definition) is 1. The summed E-state index contributed by atoms with van der Waals surface area (Å²) >= 11 is 0. The zero-order chi connectivity index (χ0) is 10.8. The maximum absolute atomic E-state index is 13.4. The van der Waals surface area contributed by atoms with Gasteiger partial charge in [0.15, 0.2) is 5.78 Å². The lowest BCUT2D eigenvalue weighted by molar-refractivity contribution is 0.0990. The molecule has 0 heterocycles. The van der Waals surface area contributed by atoms with Crippen molar-refractivity contribution in [3.63, 3.8) is 0 Å². The Kier molecular flexibility index (Phi) is 2.50. The predicted molar refractivity (Wildman–Crippen MR) is 58.5 cm³/mol. The molecule has 0 spiro atoms. The third kappa shape index (κ3) is 1.63. The summed E-state index contributed by atoms with van der Waals surface area (Å²) in [6, 6.07) is 9.97. The van der Waals surface area contributed by atoms with Gasteiger partial charge in [0.2, 0.25) is 0 Å². The number of Topliss-reactive ketones (excluding diaryl/α,β-unsaturated/α-hetero) is 1. The molecule has 15 heavy (non-hydrogen) atoms. The number of rotatable bonds is 2. The van der Waals surface area contributed by atoms with Crippen LogP contribution in [-0.2, 0) is 0 Å². The van der Waals surface area contributed by atoms with Gasteiger partial charge in [-0.15, -0.1) is 0 Å². The van der Waals surface area contributed by atoms with E-state index in [1.807, 2.05) is 0 Å². The highest BCUT2D eigenvalue weighted by molar-refractivity contribution is 6.08. The molecule has 0 saturated heterocycles. The Morgan fingerprint density at radius 3 is 2.53 bits per heavy atom. The van der Waals surface area contributed by atoms with Gasteiger partial charge in [0.05, 0.1) is 0 Å². The van der Waals surface area contributed by atoms with Crippen LogP contribution < -0.4 is 0 Å². The van der Waals surface area contributed by atoms with Gasteiger partial charge in [-0.1, -0.05) is 37.3 Å². The van der Waals surface area contributed by atoms with Crippen molar-refractivity contribution in [1.82, 2.24) is 0 Å². The first-order chi connectivity index (χ1) is 7.24. The van der Waals surface area contributed by atoms with Crippen LogP contribution in [0.3, 0.4) is 0 Å². The van der Waals surface area contributed by atoms with Crippen molar-refractivity contribution in [3.8, 4) is 0 Å². The lowest BCUT2D eigenvalue weighted by atomic mass is 10.00. The van der Waals surface area contributed by atoms with Gasteiger partial charge in [0.1, 0.15) is 5.82 Å². The fourth-order valence-corrected chi connectivity index (χ4v) is 1.71. The van der Waals surface area contributed by atoms with Gasteiger partial charge < -0.3 is 0 Å². The first-order valence-corrected chi connectivity index (χ1v) is 4.94. The summed E-state index contributed by atoms with van der Waals surface area (Å²) < 4.78 is 13.4. The van der Waals surface area contributed by atoms with E-state index in [-0.39, 0.29) is 11.6 Å². The number of benzene rings is 2. The van der Waals surface area contributed by atoms with Gasteiger partial charge in [-0.2, -0.15) is 0 Å². The molecule has 0 saturated carbocycles. The molecule has 0 N–H and O–H groups in total. The van der Waals surface area contributed by atoms with E-state index in [4.69, 9.17) is 0 Å². The summed E-state index contributed by atoms with van der Waals surface area (Å²) in [7, 11) is 0. The molecule has 0 unspecified atom stereocenters. The van der Waals surface area contributed by atoms with Gasteiger partial charge >= 0.3 is 0 Å². The summed E-state index contributed by atoms with van der Waals surface area (Å²) in [5.41, 5.74) is 0.606. The maximum atomic E-state index is 13.4. The van der Waals surface area contributed by atoms with Crippen LogP contribution in [0, 0.1) is 5.82 Å². The van der Waals surface area contributed by atoms with E-state index in [1.54, 1.807) is 37.3 Å². The minimum Gasteiger partial charge on any atom is -0.294 e. The monoisotopic (exact) mass is 202 g/mol. The van der Waals surface area contributed by atoms with E-state index in [0.29, 0.717) is 22.8 Å². The van der Waals surface area contributed by atoms with E-state index in [2.05, 4.69) is 0 Å². The van der Waals surface area contributed by atoms with Crippen molar-refractivity contribution >= 4 is 16.6 Å². The summed E-state index contributed by atoms with van der Waals surface area (Å²) in [5.74, 6) is -0.232. The van der Waals surface area contributed by atoms with Crippen molar-refractivity contribution < 1.29 is 9.18 Å². The SMILES string of the molecule is CCC(=O)c1cccc2c(F)cccc12. The van der Waals surface area contributed by atoms with Crippen LogP contribution >= 0.6 is 0 Å². The van der Waals surface area contributed by atoms with E-state index in [9.17, 15) is 9.18 Å². The number of carbonyl (C=O) groups is 1. The molecule has 0 aliphatic heterocycles. The standard InChI is InChI=1S/C13H11FO/c1-2-13(15)11-7-3-6-10-9(11)5-4-8-12(10)14/h3-8H,2H2,1H3. The van der Waals surface area contributed by atoms with Crippen molar-refractivity contribution in [2.75, 3.05) is 0 Å². The smallest absolute Gasteiger partial charge is 0.163 e. The average Bonchev–Trinajstić information content (AvgIpc) is 2.28. The molecule has 1 nitrogen and oxygen atoms in total. The Bertz CT molecular complexity index is 517. The highest BCUT2D eigenvalue weighted by atomic mass is 19.1. The molecular weight excluding hydrogens is 191 g/mol. The number of ketones is 1. The number of fused-ring (bicyclic) bond motifs is 1. The van der Waals surface area contributed by atoms with Crippen molar-refractivity contribution in [2.45, 2.75) is 13.3 Å². The summed E-state index contributed by atoms with van der Waals surface area (Å²) in [6.45, 7) is 1.81. The van der Waals surface area contributed by atoms with Crippen molar-refractivity contribution in [2.24, 2.45) is 0 Å². The molecule has 76 valence electrons. The van der Waals surface area contributed by atoms with Crippen LogP contribution in [0.2, 0.25) is 0 Å². The minimum atomic E-state index is -0.279. The highest BCUT2D eigenvalue weighted by Gasteiger charge is 2.09. The Labute approximate surface area is 87.5 Å². The lowest BCUT2D eigenvalue weighted by Gasteiger charge is -2.04. The van der Waals surface area contributed by atoms with Crippen molar-refractivity contribution in [1.29, 1.82) is 0 Å². The molecule has 2 rings (SSSR count). The van der Waals surface area contributed by atoms with Crippen LogP contribution in [0.5, 0.6) is 0 Å². The quantitative estimate of drug-likeness (QED) is 0.680. The Balaban J connectivity index is 2.77. The molecule has 2 aromatic rings. The first kappa shape index (κ1) is 9.84. The summed E-state index contributed by atoms with van der Waals surface area (Å²) in [4.78, 5) is 11.6. The fraction of sp³-hybridized carbons (Fsp3) is 0.154. The highest BCUT2D eigenvalue weighted by Crippen LogP contribution is 2.22. The topological polar surface area (TPSA) is 17.1 Å². The fourth-order valence-electron chi connectivity index (χ4n) is 1.71. The molecule has 0 atom stereocenters. The van der Waals surface area contributed by atoms with Crippen LogP contribution in [0.25, 0.3) is 10.8 Å².